The van der Waals surface area contributed by atoms with Gasteiger partial charge >= 0.3 is 5.97 Å². The van der Waals surface area contributed by atoms with Gasteiger partial charge in [-0.25, -0.2) is 4.79 Å². The highest BCUT2D eigenvalue weighted by Gasteiger charge is 2.15. The number of hydrogen-bond donors (Lipinski definition) is 1. The topological polar surface area (TPSA) is 61.5 Å². The minimum absolute atomic E-state index is 0.265. The van der Waals surface area contributed by atoms with Gasteiger partial charge in [0.25, 0.3) is 0 Å². The molecule has 0 radical (unpaired) electrons. The predicted octanol–water partition coefficient (Wildman–Crippen LogP) is 4.00. The number of esters is 1. The molecule has 20 heavy (non-hydrogen) atoms. The number of nitrogen functional groups attached to an aromatic ring is 1. The molecule has 0 amide bonds. The first kappa shape index (κ1) is 14.4. The van der Waals surface area contributed by atoms with Crippen molar-refractivity contribution in [2.75, 3.05) is 12.3 Å². The number of hydrogen-bond acceptors (Lipinski definition) is 4. The van der Waals surface area contributed by atoms with Crippen molar-refractivity contribution in [3.63, 3.8) is 0 Å². The third kappa shape index (κ3) is 3.11. The highest BCUT2D eigenvalue weighted by atomic mass is 79.9. The number of carbonyl (C=O) groups is 1. The van der Waals surface area contributed by atoms with E-state index in [1.54, 1.807) is 31.2 Å². The Morgan fingerprint density at radius 1 is 1.15 bits per heavy atom. The standard InChI is InChI=1S/C15H14BrNO3/c1-2-19-15(18)10-6-5-9-13(14(10)17)20-12-8-4-3-7-11(12)16/h3-9H,2,17H2,1H3. The summed E-state index contributed by atoms with van der Waals surface area (Å²) in [5.41, 5.74) is 6.54. The van der Waals surface area contributed by atoms with Gasteiger partial charge in [0.1, 0.15) is 5.75 Å². The lowest BCUT2D eigenvalue weighted by Gasteiger charge is -2.12. The van der Waals surface area contributed by atoms with E-state index in [1.165, 1.54) is 0 Å². The van der Waals surface area contributed by atoms with Crippen molar-refractivity contribution >= 4 is 27.6 Å². The molecule has 0 spiro atoms. The summed E-state index contributed by atoms with van der Waals surface area (Å²) in [5, 5.41) is 0. The van der Waals surface area contributed by atoms with Gasteiger partial charge in [0, 0.05) is 0 Å². The van der Waals surface area contributed by atoms with Crippen molar-refractivity contribution in [1.29, 1.82) is 0 Å². The lowest BCUT2D eigenvalue weighted by molar-refractivity contribution is 0.0527. The molecule has 2 aromatic rings. The predicted molar refractivity (Wildman–Crippen MR) is 81.0 cm³/mol. The van der Waals surface area contributed by atoms with Gasteiger partial charge in [-0.05, 0) is 47.1 Å². The van der Waals surface area contributed by atoms with E-state index < -0.39 is 5.97 Å². The summed E-state index contributed by atoms with van der Waals surface area (Å²) < 4.78 is 11.5. The van der Waals surface area contributed by atoms with Crippen LogP contribution in [0.3, 0.4) is 0 Å². The lowest BCUT2D eigenvalue weighted by atomic mass is 10.1. The number of halogens is 1. The van der Waals surface area contributed by atoms with Crippen LogP contribution in [-0.4, -0.2) is 12.6 Å². The van der Waals surface area contributed by atoms with Crippen LogP contribution >= 0.6 is 15.9 Å². The molecule has 2 aromatic carbocycles. The minimum atomic E-state index is -0.456. The number of carbonyl (C=O) groups excluding carboxylic acids is 1. The fraction of sp³-hybridized carbons (Fsp3) is 0.133. The van der Waals surface area contributed by atoms with Gasteiger partial charge in [-0.15, -0.1) is 0 Å². The molecule has 0 aliphatic heterocycles. The first-order valence-corrected chi connectivity index (χ1v) is 6.90. The van der Waals surface area contributed by atoms with Gasteiger partial charge in [-0.2, -0.15) is 0 Å². The summed E-state index contributed by atoms with van der Waals surface area (Å²) in [7, 11) is 0. The van der Waals surface area contributed by atoms with E-state index in [9.17, 15) is 4.79 Å². The van der Waals surface area contributed by atoms with Crippen molar-refractivity contribution in [3.05, 3.63) is 52.5 Å². The fourth-order valence-electron chi connectivity index (χ4n) is 1.67. The van der Waals surface area contributed by atoms with Gasteiger partial charge in [0.2, 0.25) is 0 Å². The van der Waals surface area contributed by atoms with Crippen LogP contribution < -0.4 is 10.5 Å². The molecule has 0 aliphatic rings. The molecule has 0 heterocycles. The van der Waals surface area contributed by atoms with E-state index in [4.69, 9.17) is 15.2 Å². The minimum Gasteiger partial charge on any atom is -0.462 e. The van der Waals surface area contributed by atoms with Crippen LogP contribution in [0.4, 0.5) is 5.69 Å². The lowest BCUT2D eigenvalue weighted by Crippen LogP contribution is -2.08. The van der Waals surface area contributed by atoms with Crippen molar-refractivity contribution in [2.24, 2.45) is 0 Å². The van der Waals surface area contributed by atoms with E-state index in [-0.39, 0.29) is 5.69 Å². The second-order valence-corrected chi connectivity index (χ2v) is 4.82. The van der Waals surface area contributed by atoms with E-state index in [1.807, 2.05) is 18.2 Å². The molecular weight excluding hydrogens is 322 g/mol. The normalized spacial score (nSPS) is 10.1. The summed E-state index contributed by atoms with van der Waals surface area (Å²) in [6, 6.07) is 12.4. The quantitative estimate of drug-likeness (QED) is 0.677. The average Bonchev–Trinajstić information content (AvgIpc) is 2.43. The molecule has 4 nitrogen and oxygen atoms in total. The third-order valence-corrected chi connectivity index (χ3v) is 3.27. The van der Waals surface area contributed by atoms with E-state index in [0.717, 1.165) is 4.47 Å². The second-order valence-electron chi connectivity index (χ2n) is 3.97. The Hall–Kier alpha value is -2.01. The highest BCUT2D eigenvalue weighted by Crippen LogP contribution is 2.34. The first-order chi connectivity index (χ1) is 9.63. The Balaban J connectivity index is 2.32. The molecule has 2 rings (SSSR count). The highest BCUT2D eigenvalue weighted by molar-refractivity contribution is 9.10. The van der Waals surface area contributed by atoms with Crippen LogP contribution in [0.5, 0.6) is 11.5 Å². The largest absolute Gasteiger partial charge is 0.462 e. The molecule has 0 fully saturated rings. The van der Waals surface area contributed by atoms with Crippen molar-refractivity contribution < 1.29 is 14.3 Å². The van der Waals surface area contributed by atoms with Crippen LogP contribution in [0.2, 0.25) is 0 Å². The van der Waals surface area contributed by atoms with Crippen LogP contribution in [0, 0.1) is 0 Å². The summed E-state index contributed by atoms with van der Waals surface area (Å²) in [6.07, 6.45) is 0. The Morgan fingerprint density at radius 2 is 1.85 bits per heavy atom. The number of benzene rings is 2. The molecule has 2 N–H and O–H groups in total. The Kier molecular flexibility index (Phi) is 4.63. The molecule has 5 heteroatoms. The molecule has 0 bridgehead atoms. The van der Waals surface area contributed by atoms with Crippen LogP contribution in [0.15, 0.2) is 46.9 Å². The molecule has 104 valence electrons. The first-order valence-electron chi connectivity index (χ1n) is 6.11. The van der Waals surface area contributed by atoms with E-state index in [0.29, 0.717) is 23.7 Å². The fourth-order valence-corrected chi connectivity index (χ4v) is 2.03. The zero-order chi connectivity index (χ0) is 14.5. The molecule has 0 unspecified atom stereocenters. The summed E-state index contributed by atoms with van der Waals surface area (Å²) in [5.74, 6) is 0.588. The average molecular weight is 336 g/mol. The number of ether oxygens (including phenoxy) is 2. The Morgan fingerprint density at radius 3 is 2.55 bits per heavy atom. The molecule has 0 saturated carbocycles. The number of anilines is 1. The van der Waals surface area contributed by atoms with Crippen LogP contribution in [-0.2, 0) is 4.74 Å². The van der Waals surface area contributed by atoms with Gasteiger partial charge in [0.15, 0.2) is 5.75 Å². The SMILES string of the molecule is CCOC(=O)c1cccc(Oc2ccccc2Br)c1N. The molecule has 0 aliphatic carbocycles. The van der Waals surface area contributed by atoms with Crippen LogP contribution in [0.25, 0.3) is 0 Å². The molecule has 0 atom stereocenters. The summed E-state index contributed by atoms with van der Waals surface area (Å²) in [4.78, 5) is 11.8. The van der Waals surface area contributed by atoms with Gasteiger partial charge in [-0.3, -0.25) is 0 Å². The van der Waals surface area contributed by atoms with Gasteiger partial charge < -0.3 is 15.2 Å². The van der Waals surface area contributed by atoms with Gasteiger partial charge in [0.05, 0.1) is 22.3 Å². The zero-order valence-corrected chi connectivity index (χ0v) is 12.5. The maximum atomic E-state index is 11.8. The monoisotopic (exact) mass is 335 g/mol. The second kappa shape index (κ2) is 6.43. The maximum absolute atomic E-state index is 11.8. The van der Waals surface area contributed by atoms with Crippen molar-refractivity contribution in [3.8, 4) is 11.5 Å². The van der Waals surface area contributed by atoms with Crippen molar-refractivity contribution in [2.45, 2.75) is 6.92 Å². The molecular formula is C15H14BrNO3. The third-order valence-electron chi connectivity index (χ3n) is 2.62. The number of para-hydroxylation sites is 2. The van der Waals surface area contributed by atoms with E-state index in [2.05, 4.69) is 15.9 Å². The maximum Gasteiger partial charge on any atom is 0.340 e. The van der Waals surface area contributed by atoms with Gasteiger partial charge in [-0.1, -0.05) is 18.2 Å². The zero-order valence-electron chi connectivity index (χ0n) is 10.9. The Labute approximate surface area is 125 Å². The number of rotatable bonds is 4. The van der Waals surface area contributed by atoms with Crippen molar-refractivity contribution in [1.82, 2.24) is 0 Å². The van der Waals surface area contributed by atoms with E-state index >= 15 is 0 Å². The van der Waals surface area contributed by atoms with Crippen LogP contribution in [0.1, 0.15) is 17.3 Å². The summed E-state index contributed by atoms with van der Waals surface area (Å²) in [6.45, 7) is 2.04. The smallest absolute Gasteiger partial charge is 0.340 e. The molecule has 0 aromatic heterocycles. The number of nitrogens with two attached hydrogens (primary N) is 1. The Bertz CT molecular complexity index is 628. The summed E-state index contributed by atoms with van der Waals surface area (Å²) >= 11 is 3.39. The molecule has 0 saturated heterocycles.